The van der Waals surface area contributed by atoms with Crippen LogP contribution < -0.4 is 10.6 Å². The molecule has 1 aromatic heterocycles. The van der Waals surface area contributed by atoms with Crippen LogP contribution in [0.15, 0.2) is 35.3 Å². The summed E-state index contributed by atoms with van der Waals surface area (Å²) in [5.74, 6) is 0.866. The maximum absolute atomic E-state index is 4.83. The summed E-state index contributed by atoms with van der Waals surface area (Å²) in [6, 6.07) is 11.2. The summed E-state index contributed by atoms with van der Waals surface area (Å²) in [6.07, 6.45) is 2.58. The number of guanidine groups is 1. The van der Waals surface area contributed by atoms with Crippen LogP contribution in [0.5, 0.6) is 0 Å². The van der Waals surface area contributed by atoms with E-state index in [9.17, 15) is 0 Å². The summed E-state index contributed by atoms with van der Waals surface area (Å²) in [4.78, 5) is 7.42. The Hall–Kier alpha value is -1.61. The van der Waals surface area contributed by atoms with Gasteiger partial charge in [-0.15, -0.1) is 24.0 Å². The lowest BCUT2D eigenvalue weighted by Crippen LogP contribution is -2.42. The smallest absolute Gasteiger partial charge is 0.191 e. The minimum absolute atomic E-state index is 0. The number of hydrogen-bond donors (Lipinski definition) is 2. The lowest BCUT2D eigenvalue weighted by atomic mass is 10.1. The van der Waals surface area contributed by atoms with Gasteiger partial charge in [0.25, 0.3) is 0 Å². The summed E-state index contributed by atoms with van der Waals surface area (Å²) in [5, 5.41) is 11.5. The Morgan fingerprint density at radius 2 is 1.83 bits per heavy atom. The van der Waals surface area contributed by atoms with E-state index in [-0.39, 0.29) is 24.0 Å². The number of nitrogens with zero attached hydrogens (tertiary/aromatic N) is 4. The second-order valence-corrected chi connectivity index (χ2v) is 7.52. The first kappa shape index (κ1) is 23.7. The van der Waals surface area contributed by atoms with Crippen molar-refractivity contribution in [3.05, 3.63) is 52.8 Å². The molecule has 0 aliphatic carbocycles. The average Bonchev–Trinajstić information content (AvgIpc) is 3.30. The Morgan fingerprint density at radius 1 is 1.14 bits per heavy atom. The van der Waals surface area contributed by atoms with Crippen LogP contribution in [0, 0.1) is 13.8 Å². The van der Waals surface area contributed by atoms with Crippen molar-refractivity contribution in [1.82, 2.24) is 25.3 Å². The number of likely N-dealkylation sites (tertiary alicyclic amines) is 1. The highest BCUT2D eigenvalue weighted by Crippen LogP contribution is 2.24. The molecule has 1 atom stereocenters. The predicted molar refractivity (Wildman–Crippen MR) is 131 cm³/mol. The number of aryl methyl sites for hydroxylation is 2. The van der Waals surface area contributed by atoms with E-state index in [2.05, 4.69) is 71.7 Å². The molecule has 3 rings (SSSR count). The number of aromatic nitrogens is 2. The molecule has 6 nitrogen and oxygen atoms in total. The first-order valence-corrected chi connectivity index (χ1v) is 10.4. The van der Waals surface area contributed by atoms with Gasteiger partial charge in [-0.25, -0.2) is 4.99 Å². The van der Waals surface area contributed by atoms with Crippen LogP contribution in [0.4, 0.5) is 0 Å². The minimum atomic E-state index is 0. The molecule has 7 heteroatoms. The van der Waals surface area contributed by atoms with Crippen molar-refractivity contribution in [2.24, 2.45) is 12.0 Å². The highest BCUT2D eigenvalue weighted by molar-refractivity contribution is 14.0. The van der Waals surface area contributed by atoms with Gasteiger partial charge in [0, 0.05) is 31.4 Å². The third kappa shape index (κ3) is 6.18. The molecular formula is C22H35IN6. The summed E-state index contributed by atoms with van der Waals surface area (Å²) in [5.41, 5.74) is 4.81. The SMILES string of the molecule is CCNC(=NCc1c(C)nn(C)c1C)NCC(c1ccccc1)N1CCCC1.I. The monoisotopic (exact) mass is 510 g/mol. The van der Waals surface area contributed by atoms with Gasteiger partial charge in [0.05, 0.1) is 18.3 Å². The van der Waals surface area contributed by atoms with E-state index in [1.165, 1.54) is 42.8 Å². The maximum atomic E-state index is 4.83. The number of nitrogens with one attached hydrogen (secondary N) is 2. The molecule has 1 unspecified atom stereocenters. The van der Waals surface area contributed by atoms with Crippen molar-refractivity contribution < 1.29 is 0 Å². The molecule has 2 N–H and O–H groups in total. The van der Waals surface area contributed by atoms with Crippen LogP contribution in [-0.2, 0) is 13.6 Å². The zero-order valence-corrected chi connectivity index (χ0v) is 20.4. The van der Waals surface area contributed by atoms with Gasteiger partial charge < -0.3 is 10.6 Å². The zero-order valence-electron chi connectivity index (χ0n) is 18.1. The summed E-state index contributed by atoms with van der Waals surface area (Å²) in [7, 11) is 1.99. The highest BCUT2D eigenvalue weighted by Gasteiger charge is 2.23. The summed E-state index contributed by atoms with van der Waals surface area (Å²) < 4.78 is 1.93. The molecule has 160 valence electrons. The molecule has 1 saturated heterocycles. The fourth-order valence-electron chi connectivity index (χ4n) is 3.93. The van der Waals surface area contributed by atoms with Gasteiger partial charge in [0.15, 0.2) is 5.96 Å². The zero-order chi connectivity index (χ0) is 19.9. The van der Waals surface area contributed by atoms with Crippen LogP contribution in [0.3, 0.4) is 0 Å². The average molecular weight is 510 g/mol. The lowest BCUT2D eigenvalue weighted by molar-refractivity contribution is 0.245. The second kappa shape index (κ2) is 11.5. The fourth-order valence-corrected chi connectivity index (χ4v) is 3.93. The second-order valence-electron chi connectivity index (χ2n) is 7.52. The Labute approximate surface area is 192 Å². The van der Waals surface area contributed by atoms with E-state index in [1.54, 1.807) is 0 Å². The van der Waals surface area contributed by atoms with Gasteiger partial charge in [-0.1, -0.05) is 30.3 Å². The van der Waals surface area contributed by atoms with Crippen molar-refractivity contribution in [3.8, 4) is 0 Å². The number of halogens is 1. The molecule has 0 amide bonds. The van der Waals surface area contributed by atoms with Crippen LogP contribution in [0.25, 0.3) is 0 Å². The number of benzene rings is 1. The normalized spacial score (nSPS) is 15.8. The number of aliphatic imine (C=N–C) groups is 1. The summed E-state index contributed by atoms with van der Waals surface area (Å²) >= 11 is 0. The van der Waals surface area contributed by atoms with Crippen LogP contribution in [0.2, 0.25) is 0 Å². The first-order valence-electron chi connectivity index (χ1n) is 10.4. The lowest BCUT2D eigenvalue weighted by Gasteiger charge is -2.29. The van der Waals surface area contributed by atoms with Crippen molar-refractivity contribution in [1.29, 1.82) is 0 Å². The molecule has 1 aromatic carbocycles. The highest BCUT2D eigenvalue weighted by atomic mass is 127. The fraction of sp³-hybridized carbons (Fsp3) is 0.545. The Morgan fingerprint density at radius 3 is 2.41 bits per heavy atom. The first-order chi connectivity index (χ1) is 13.6. The molecule has 1 aliphatic heterocycles. The van der Waals surface area contributed by atoms with Gasteiger partial charge in [-0.3, -0.25) is 9.58 Å². The van der Waals surface area contributed by atoms with Crippen LogP contribution in [-0.4, -0.2) is 46.8 Å². The quantitative estimate of drug-likeness (QED) is 0.340. The molecular weight excluding hydrogens is 475 g/mol. The van der Waals surface area contributed by atoms with Gasteiger partial charge in [0.2, 0.25) is 0 Å². The van der Waals surface area contributed by atoms with Crippen molar-refractivity contribution in [2.45, 2.75) is 46.2 Å². The van der Waals surface area contributed by atoms with Crippen molar-refractivity contribution >= 4 is 29.9 Å². The van der Waals surface area contributed by atoms with Crippen molar-refractivity contribution in [3.63, 3.8) is 0 Å². The molecule has 0 saturated carbocycles. The molecule has 1 fully saturated rings. The third-order valence-electron chi connectivity index (χ3n) is 5.63. The van der Waals surface area contributed by atoms with E-state index in [0.717, 1.165) is 24.7 Å². The van der Waals surface area contributed by atoms with Crippen LogP contribution in [0.1, 0.15) is 48.3 Å². The minimum Gasteiger partial charge on any atom is -0.357 e. The van der Waals surface area contributed by atoms with Gasteiger partial charge >= 0.3 is 0 Å². The standard InChI is InChI=1S/C22H34N6.HI/c1-5-23-22(24-15-20-17(2)26-27(4)18(20)3)25-16-21(28-13-9-10-14-28)19-11-7-6-8-12-19;/h6-8,11-12,21H,5,9-10,13-16H2,1-4H3,(H2,23,24,25);1H. The molecule has 0 radical (unpaired) electrons. The molecule has 2 aromatic rings. The molecule has 2 heterocycles. The van der Waals surface area contributed by atoms with Crippen LogP contribution >= 0.6 is 24.0 Å². The van der Waals surface area contributed by atoms with E-state index < -0.39 is 0 Å². The Kier molecular flexibility index (Phi) is 9.42. The molecule has 1 aliphatic rings. The molecule has 0 spiro atoms. The molecule has 29 heavy (non-hydrogen) atoms. The van der Waals surface area contributed by atoms with Gasteiger partial charge in [-0.2, -0.15) is 5.10 Å². The van der Waals surface area contributed by atoms with Gasteiger partial charge in [0.1, 0.15) is 0 Å². The number of rotatable bonds is 7. The Balaban J connectivity index is 0.00000300. The molecule has 0 bridgehead atoms. The number of hydrogen-bond acceptors (Lipinski definition) is 3. The van der Waals surface area contributed by atoms with E-state index in [4.69, 9.17) is 4.99 Å². The largest absolute Gasteiger partial charge is 0.357 e. The topological polar surface area (TPSA) is 57.5 Å². The Bertz CT molecular complexity index is 780. The third-order valence-corrected chi connectivity index (χ3v) is 5.63. The van der Waals surface area contributed by atoms with E-state index in [1.807, 2.05) is 11.7 Å². The van der Waals surface area contributed by atoms with Gasteiger partial charge in [-0.05, 0) is 52.3 Å². The van der Waals surface area contributed by atoms with Crippen molar-refractivity contribution in [2.75, 3.05) is 26.2 Å². The van der Waals surface area contributed by atoms with E-state index in [0.29, 0.717) is 12.6 Å². The van der Waals surface area contributed by atoms with E-state index >= 15 is 0 Å². The summed E-state index contributed by atoms with van der Waals surface area (Å²) in [6.45, 7) is 10.9. The maximum Gasteiger partial charge on any atom is 0.191 e. The predicted octanol–water partition coefficient (Wildman–Crippen LogP) is 3.55.